The molecule has 4 rings (SSSR count). The predicted molar refractivity (Wildman–Crippen MR) is 110 cm³/mol. The SMILES string of the molecule is Cc1c(CN2CCN/C2=N\C#N)sc2c1c(=O)n(C1CCC1)c(=O)n2CCC(F)(F)F. The third-order valence-electron chi connectivity index (χ3n) is 5.86. The zero-order chi connectivity index (χ0) is 22.3. The quantitative estimate of drug-likeness (QED) is 0.701. The van der Waals surface area contributed by atoms with Gasteiger partial charge in [-0.25, -0.2) is 4.79 Å². The third-order valence-corrected chi connectivity index (χ3v) is 7.15. The van der Waals surface area contributed by atoms with Crippen molar-refractivity contribution in [2.45, 2.75) is 57.9 Å². The summed E-state index contributed by atoms with van der Waals surface area (Å²) in [4.78, 5) is 32.9. The van der Waals surface area contributed by atoms with Crippen LogP contribution < -0.4 is 16.6 Å². The number of fused-ring (bicyclic) bond motifs is 1. The predicted octanol–water partition coefficient (Wildman–Crippen LogP) is 2.45. The lowest BCUT2D eigenvalue weighted by atomic mass is 9.93. The highest BCUT2D eigenvalue weighted by molar-refractivity contribution is 7.18. The molecule has 0 bridgehead atoms. The Morgan fingerprint density at radius 1 is 1.32 bits per heavy atom. The van der Waals surface area contributed by atoms with Crippen LogP contribution >= 0.6 is 11.3 Å². The van der Waals surface area contributed by atoms with Crippen LogP contribution in [0.1, 0.15) is 42.2 Å². The molecule has 31 heavy (non-hydrogen) atoms. The molecule has 2 fully saturated rings. The van der Waals surface area contributed by atoms with Crippen LogP contribution in [0.4, 0.5) is 13.2 Å². The van der Waals surface area contributed by atoms with E-state index in [1.54, 1.807) is 13.1 Å². The van der Waals surface area contributed by atoms with Crippen LogP contribution in [0.25, 0.3) is 10.2 Å². The maximum Gasteiger partial charge on any atom is 0.390 e. The normalized spacial score (nSPS) is 18.4. The zero-order valence-corrected chi connectivity index (χ0v) is 17.6. The Hall–Kier alpha value is -2.81. The molecule has 0 unspecified atom stereocenters. The van der Waals surface area contributed by atoms with Crippen molar-refractivity contribution in [1.29, 1.82) is 5.26 Å². The number of guanidine groups is 1. The molecule has 1 aliphatic heterocycles. The molecule has 2 aromatic rings. The van der Waals surface area contributed by atoms with Crippen molar-refractivity contribution in [3.05, 3.63) is 31.3 Å². The fraction of sp³-hybridized carbons (Fsp3) is 0.579. The van der Waals surface area contributed by atoms with Gasteiger partial charge in [0.25, 0.3) is 5.56 Å². The average Bonchev–Trinajstić information content (AvgIpc) is 3.21. The van der Waals surface area contributed by atoms with Gasteiger partial charge in [-0.15, -0.1) is 16.3 Å². The molecule has 12 heteroatoms. The van der Waals surface area contributed by atoms with Gasteiger partial charge in [0.2, 0.25) is 12.2 Å². The zero-order valence-electron chi connectivity index (χ0n) is 16.8. The number of aryl methyl sites for hydroxylation is 2. The fourth-order valence-corrected chi connectivity index (χ4v) is 5.30. The van der Waals surface area contributed by atoms with Crippen LogP contribution in [-0.4, -0.2) is 39.3 Å². The largest absolute Gasteiger partial charge is 0.390 e. The summed E-state index contributed by atoms with van der Waals surface area (Å²) in [5.74, 6) is 0.417. The number of alkyl halides is 3. The first-order valence-electron chi connectivity index (χ1n) is 10.0. The number of halogens is 3. The summed E-state index contributed by atoms with van der Waals surface area (Å²) >= 11 is 1.16. The minimum Gasteiger partial charge on any atom is -0.354 e. The van der Waals surface area contributed by atoms with Gasteiger partial charge in [0.05, 0.1) is 18.4 Å². The van der Waals surface area contributed by atoms with Gasteiger partial charge < -0.3 is 10.2 Å². The summed E-state index contributed by atoms with van der Waals surface area (Å²) in [5, 5.41) is 12.1. The second kappa shape index (κ2) is 8.03. The highest BCUT2D eigenvalue weighted by Crippen LogP contribution is 2.33. The lowest BCUT2D eigenvalue weighted by molar-refractivity contribution is -0.136. The molecule has 166 valence electrons. The second-order valence-corrected chi connectivity index (χ2v) is 8.86. The molecule has 8 nitrogen and oxygen atoms in total. The Kier molecular flexibility index (Phi) is 5.55. The van der Waals surface area contributed by atoms with Crippen LogP contribution in [0, 0.1) is 18.4 Å². The van der Waals surface area contributed by atoms with E-state index in [4.69, 9.17) is 5.26 Å². The fourth-order valence-electron chi connectivity index (χ4n) is 3.97. The maximum absolute atomic E-state index is 13.2. The van der Waals surface area contributed by atoms with E-state index >= 15 is 0 Å². The van der Waals surface area contributed by atoms with Gasteiger partial charge in [0.15, 0.2) is 0 Å². The average molecular weight is 454 g/mol. The van der Waals surface area contributed by atoms with E-state index in [1.807, 2.05) is 4.90 Å². The van der Waals surface area contributed by atoms with Crippen LogP contribution in [-0.2, 0) is 13.1 Å². The summed E-state index contributed by atoms with van der Waals surface area (Å²) in [6.45, 7) is 2.77. The topological polar surface area (TPSA) is 95.4 Å². The highest BCUT2D eigenvalue weighted by atomic mass is 32.1. The summed E-state index contributed by atoms with van der Waals surface area (Å²) < 4.78 is 41.0. The summed E-state index contributed by atoms with van der Waals surface area (Å²) in [6.07, 6.45) is -1.60. The molecule has 0 radical (unpaired) electrons. The molecule has 3 heterocycles. The monoisotopic (exact) mass is 454 g/mol. The number of thiophene rings is 1. The molecule has 0 amide bonds. The van der Waals surface area contributed by atoms with E-state index in [1.165, 1.54) is 0 Å². The van der Waals surface area contributed by atoms with Crippen LogP contribution in [0.3, 0.4) is 0 Å². The second-order valence-electron chi connectivity index (χ2n) is 7.77. The van der Waals surface area contributed by atoms with E-state index in [2.05, 4.69) is 10.3 Å². The molecule has 1 saturated heterocycles. The van der Waals surface area contributed by atoms with Gasteiger partial charge >= 0.3 is 11.9 Å². The molecule has 0 spiro atoms. The smallest absolute Gasteiger partial charge is 0.354 e. The number of nitrogens with one attached hydrogen (secondary N) is 1. The minimum atomic E-state index is -4.41. The first kappa shape index (κ1) is 21.4. The third kappa shape index (κ3) is 3.94. The van der Waals surface area contributed by atoms with E-state index in [9.17, 15) is 22.8 Å². The van der Waals surface area contributed by atoms with Gasteiger partial charge in [0, 0.05) is 30.6 Å². The van der Waals surface area contributed by atoms with Crippen molar-refractivity contribution < 1.29 is 13.2 Å². The molecule has 0 atom stereocenters. The van der Waals surface area contributed by atoms with Crippen molar-refractivity contribution in [1.82, 2.24) is 19.4 Å². The molecule has 0 aromatic carbocycles. The molecular weight excluding hydrogens is 433 g/mol. The molecular formula is C19H21F3N6O2S. The van der Waals surface area contributed by atoms with Crippen molar-refractivity contribution in [2.75, 3.05) is 13.1 Å². The summed E-state index contributed by atoms with van der Waals surface area (Å²) in [6, 6.07) is -0.263. The van der Waals surface area contributed by atoms with Crippen LogP contribution in [0.15, 0.2) is 14.6 Å². The lowest BCUT2D eigenvalue weighted by Gasteiger charge is -2.27. The number of hydrogen-bond acceptors (Lipinski definition) is 5. The van der Waals surface area contributed by atoms with E-state index in [0.717, 1.165) is 31.8 Å². The first-order valence-corrected chi connectivity index (χ1v) is 10.8. The Morgan fingerprint density at radius 2 is 2.06 bits per heavy atom. The summed E-state index contributed by atoms with van der Waals surface area (Å²) in [7, 11) is 0. The first-order chi connectivity index (χ1) is 14.7. The molecule has 2 aliphatic rings. The number of nitriles is 1. The standard InChI is InChI=1S/C19H21F3N6O2S/c1-11-13(9-26-8-6-24-17(26)25-10-23)31-16-14(11)15(29)28(12-3-2-4-12)18(30)27(16)7-5-19(20,21)22/h12H,2-9H2,1H3,(H,24,25). The van der Waals surface area contributed by atoms with Crippen LogP contribution in [0.5, 0.6) is 0 Å². The number of rotatable bonds is 5. The Bertz CT molecular complexity index is 1200. The number of aliphatic imine (C=N–C) groups is 1. The molecule has 2 aromatic heterocycles. The van der Waals surface area contributed by atoms with Crippen molar-refractivity contribution in [3.63, 3.8) is 0 Å². The highest BCUT2D eigenvalue weighted by Gasteiger charge is 2.31. The Morgan fingerprint density at radius 3 is 2.68 bits per heavy atom. The molecule has 1 N–H and O–H groups in total. The Labute approximate surface area is 179 Å². The maximum atomic E-state index is 13.2. The summed E-state index contributed by atoms with van der Waals surface area (Å²) in [5.41, 5.74) is -0.450. The number of hydrogen-bond donors (Lipinski definition) is 1. The van der Waals surface area contributed by atoms with Crippen molar-refractivity contribution in [2.24, 2.45) is 4.99 Å². The van der Waals surface area contributed by atoms with Crippen molar-refractivity contribution >= 4 is 27.5 Å². The van der Waals surface area contributed by atoms with Gasteiger partial charge in [-0.1, -0.05) is 0 Å². The van der Waals surface area contributed by atoms with Crippen LogP contribution in [0.2, 0.25) is 0 Å². The van der Waals surface area contributed by atoms with Crippen molar-refractivity contribution in [3.8, 4) is 6.19 Å². The molecule has 1 saturated carbocycles. The lowest BCUT2D eigenvalue weighted by Crippen LogP contribution is -2.44. The number of nitrogens with zero attached hydrogens (tertiary/aromatic N) is 5. The minimum absolute atomic E-state index is 0.263. The number of aromatic nitrogens is 2. The van der Waals surface area contributed by atoms with Gasteiger partial charge in [0.1, 0.15) is 4.83 Å². The van der Waals surface area contributed by atoms with Gasteiger partial charge in [-0.05, 0) is 31.7 Å². The van der Waals surface area contributed by atoms with E-state index in [-0.39, 0.29) is 10.9 Å². The van der Waals surface area contributed by atoms with E-state index < -0.39 is 30.4 Å². The van der Waals surface area contributed by atoms with Gasteiger partial charge in [-0.2, -0.15) is 18.4 Å². The Balaban J connectivity index is 1.84. The molecule has 1 aliphatic carbocycles. The van der Waals surface area contributed by atoms with E-state index in [0.29, 0.717) is 49.4 Å². The van der Waals surface area contributed by atoms with Gasteiger partial charge in [-0.3, -0.25) is 13.9 Å².